The quantitative estimate of drug-likeness (QED) is 0.923. The molecule has 0 saturated heterocycles. The van der Waals surface area contributed by atoms with Crippen molar-refractivity contribution >= 4 is 5.97 Å². The van der Waals surface area contributed by atoms with Crippen LogP contribution in [0.5, 0.6) is 0 Å². The molecule has 1 saturated carbocycles. The van der Waals surface area contributed by atoms with E-state index in [4.69, 9.17) is 4.52 Å². The topological polar surface area (TPSA) is 89.1 Å². The second-order valence-corrected chi connectivity index (χ2v) is 5.32. The van der Waals surface area contributed by atoms with Gasteiger partial charge in [-0.25, -0.2) is 0 Å². The van der Waals surface area contributed by atoms with Gasteiger partial charge >= 0.3 is 5.97 Å². The van der Waals surface area contributed by atoms with E-state index in [1.165, 1.54) is 0 Å². The van der Waals surface area contributed by atoms with Crippen molar-refractivity contribution in [1.29, 1.82) is 0 Å². The Morgan fingerprint density at radius 1 is 1.35 bits per heavy atom. The Balaban J connectivity index is 1.88. The molecule has 1 N–H and O–H groups in total. The molecule has 3 atom stereocenters. The molecule has 1 aliphatic carbocycles. The van der Waals surface area contributed by atoms with Crippen LogP contribution in [0.15, 0.2) is 29.0 Å². The molecule has 3 rings (SSSR count). The number of hydrogen-bond acceptors (Lipinski definition) is 5. The van der Waals surface area contributed by atoms with Crippen LogP contribution in [0.1, 0.15) is 31.6 Å². The highest BCUT2D eigenvalue weighted by atomic mass is 16.5. The van der Waals surface area contributed by atoms with E-state index < -0.39 is 11.9 Å². The standard InChI is InChI=1S/C14H15N3O3/c1-8-6-10(11(7-8)14(18)19)13-16-12(17-20-13)9-2-4-15-5-3-9/h2-5,8,10-11H,6-7H2,1H3,(H,18,19). The molecule has 0 bridgehead atoms. The van der Waals surface area contributed by atoms with Gasteiger partial charge < -0.3 is 9.63 Å². The van der Waals surface area contributed by atoms with Crippen LogP contribution >= 0.6 is 0 Å². The maximum atomic E-state index is 11.3. The highest BCUT2D eigenvalue weighted by molar-refractivity contribution is 5.71. The first kappa shape index (κ1) is 12.8. The Labute approximate surface area is 115 Å². The van der Waals surface area contributed by atoms with Crippen LogP contribution in [0.2, 0.25) is 0 Å². The number of hydrogen-bond donors (Lipinski definition) is 1. The van der Waals surface area contributed by atoms with Gasteiger partial charge in [0.1, 0.15) is 0 Å². The number of carboxylic acid groups (broad SMARTS) is 1. The van der Waals surface area contributed by atoms with Gasteiger partial charge in [0.25, 0.3) is 0 Å². The number of carbonyl (C=O) groups is 1. The fourth-order valence-corrected chi connectivity index (χ4v) is 2.84. The summed E-state index contributed by atoms with van der Waals surface area (Å²) in [4.78, 5) is 19.6. The second-order valence-electron chi connectivity index (χ2n) is 5.32. The highest BCUT2D eigenvalue weighted by Crippen LogP contribution is 2.42. The summed E-state index contributed by atoms with van der Waals surface area (Å²) < 4.78 is 5.29. The Hall–Kier alpha value is -2.24. The normalized spacial score (nSPS) is 25.8. The second kappa shape index (κ2) is 5.03. The molecule has 0 spiro atoms. The largest absolute Gasteiger partial charge is 0.481 e. The molecule has 2 heterocycles. The third-order valence-electron chi connectivity index (χ3n) is 3.81. The number of aliphatic carboxylic acids is 1. The third-order valence-corrected chi connectivity index (χ3v) is 3.81. The van der Waals surface area contributed by atoms with Gasteiger partial charge in [-0.05, 0) is 30.9 Å². The molecule has 20 heavy (non-hydrogen) atoms. The molecule has 1 aliphatic rings. The zero-order valence-corrected chi connectivity index (χ0v) is 11.1. The Morgan fingerprint density at radius 3 is 2.80 bits per heavy atom. The molecule has 2 aromatic heterocycles. The molecule has 3 unspecified atom stereocenters. The van der Waals surface area contributed by atoms with Crippen molar-refractivity contribution < 1.29 is 14.4 Å². The van der Waals surface area contributed by atoms with Crippen molar-refractivity contribution in [3.05, 3.63) is 30.4 Å². The van der Waals surface area contributed by atoms with Gasteiger partial charge in [-0.1, -0.05) is 12.1 Å². The van der Waals surface area contributed by atoms with Crippen LogP contribution in [0, 0.1) is 11.8 Å². The molecule has 2 aromatic rings. The van der Waals surface area contributed by atoms with Gasteiger partial charge in [0.05, 0.1) is 11.8 Å². The third kappa shape index (κ3) is 2.29. The maximum absolute atomic E-state index is 11.3. The summed E-state index contributed by atoms with van der Waals surface area (Å²) in [6.45, 7) is 2.05. The fraction of sp³-hybridized carbons (Fsp3) is 0.429. The van der Waals surface area contributed by atoms with E-state index >= 15 is 0 Å². The zero-order chi connectivity index (χ0) is 14.1. The average Bonchev–Trinajstić information content (AvgIpc) is 3.06. The fourth-order valence-electron chi connectivity index (χ4n) is 2.84. The molecule has 104 valence electrons. The van der Waals surface area contributed by atoms with E-state index in [9.17, 15) is 9.90 Å². The first-order valence-corrected chi connectivity index (χ1v) is 6.62. The predicted octanol–water partition coefficient (Wildman–Crippen LogP) is 2.35. The van der Waals surface area contributed by atoms with E-state index in [1.54, 1.807) is 24.5 Å². The number of nitrogens with zero attached hydrogens (tertiary/aromatic N) is 3. The summed E-state index contributed by atoms with van der Waals surface area (Å²) >= 11 is 0. The lowest BCUT2D eigenvalue weighted by atomic mass is 9.96. The van der Waals surface area contributed by atoms with Crippen molar-refractivity contribution in [2.24, 2.45) is 11.8 Å². The first-order valence-electron chi connectivity index (χ1n) is 6.62. The Kier molecular flexibility index (Phi) is 3.22. The van der Waals surface area contributed by atoms with Crippen LogP contribution in [-0.4, -0.2) is 26.2 Å². The SMILES string of the molecule is CC1CC(C(=O)O)C(c2nc(-c3ccncc3)no2)C1. The first-order chi connectivity index (χ1) is 9.65. The molecule has 0 aromatic carbocycles. The molecule has 0 amide bonds. The van der Waals surface area contributed by atoms with Gasteiger partial charge in [0.2, 0.25) is 11.7 Å². The minimum atomic E-state index is -0.789. The Morgan fingerprint density at radius 2 is 2.10 bits per heavy atom. The van der Waals surface area contributed by atoms with Crippen LogP contribution in [0.4, 0.5) is 0 Å². The predicted molar refractivity (Wildman–Crippen MR) is 69.8 cm³/mol. The van der Waals surface area contributed by atoms with Crippen LogP contribution in [-0.2, 0) is 4.79 Å². The van der Waals surface area contributed by atoms with E-state index in [0.29, 0.717) is 24.1 Å². The summed E-state index contributed by atoms with van der Waals surface area (Å²) in [7, 11) is 0. The molecule has 0 radical (unpaired) electrons. The number of aromatic nitrogens is 3. The minimum absolute atomic E-state index is 0.189. The van der Waals surface area contributed by atoms with Crippen molar-refractivity contribution in [2.75, 3.05) is 0 Å². The molecule has 6 nitrogen and oxygen atoms in total. The van der Waals surface area contributed by atoms with E-state index in [1.807, 2.05) is 0 Å². The summed E-state index contributed by atoms with van der Waals surface area (Å²) in [5, 5.41) is 13.2. The van der Waals surface area contributed by atoms with E-state index in [-0.39, 0.29) is 5.92 Å². The van der Waals surface area contributed by atoms with Gasteiger partial charge in [-0.15, -0.1) is 0 Å². The summed E-state index contributed by atoms with van der Waals surface area (Å²) in [5.41, 5.74) is 0.813. The summed E-state index contributed by atoms with van der Waals surface area (Å²) in [5.74, 6) is -0.152. The minimum Gasteiger partial charge on any atom is -0.481 e. The van der Waals surface area contributed by atoms with E-state index in [2.05, 4.69) is 22.0 Å². The molecule has 1 fully saturated rings. The lowest BCUT2D eigenvalue weighted by Crippen LogP contribution is -2.17. The maximum Gasteiger partial charge on any atom is 0.307 e. The van der Waals surface area contributed by atoms with Crippen molar-refractivity contribution in [3.8, 4) is 11.4 Å². The zero-order valence-electron chi connectivity index (χ0n) is 11.1. The smallest absolute Gasteiger partial charge is 0.307 e. The number of rotatable bonds is 3. The molecule has 0 aliphatic heterocycles. The van der Waals surface area contributed by atoms with Gasteiger partial charge in [-0.2, -0.15) is 4.98 Å². The highest BCUT2D eigenvalue weighted by Gasteiger charge is 2.41. The van der Waals surface area contributed by atoms with Gasteiger partial charge in [-0.3, -0.25) is 9.78 Å². The van der Waals surface area contributed by atoms with Gasteiger partial charge in [0.15, 0.2) is 0 Å². The lowest BCUT2D eigenvalue weighted by Gasteiger charge is -2.09. The van der Waals surface area contributed by atoms with Crippen LogP contribution < -0.4 is 0 Å². The molecule has 6 heteroatoms. The lowest BCUT2D eigenvalue weighted by molar-refractivity contribution is -0.142. The number of carboxylic acids is 1. The monoisotopic (exact) mass is 273 g/mol. The summed E-state index contributed by atoms with van der Waals surface area (Å²) in [6.07, 6.45) is 4.74. The summed E-state index contributed by atoms with van der Waals surface area (Å²) in [6, 6.07) is 3.58. The molecular weight excluding hydrogens is 258 g/mol. The van der Waals surface area contributed by atoms with Crippen LogP contribution in [0.25, 0.3) is 11.4 Å². The van der Waals surface area contributed by atoms with Gasteiger partial charge in [0, 0.05) is 18.0 Å². The average molecular weight is 273 g/mol. The Bertz CT molecular complexity index is 611. The van der Waals surface area contributed by atoms with Crippen molar-refractivity contribution in [3.63, 3.8) is 0 Å². The van der Waals surface area contributed by atoms with Crippen LogP contribution in [0.3, 0.4) is 0 Å². The van der Waals surface area contributed by atoms with Crippen molar-refractivity contribution in [2.45, 2.75) is 25.7 Å². The molecular formula is C14H15N3O3. The van der Waals surface area contributed by atoms with E-state index in [0.717, 1.165) is 12.0 Å². The van der Waals surface area contributed by atoms with Crippen molar-refractivity contribution in [1.82, 2.24) is 15.1 Å². The number of pyridine rings is 1.